The fraction of sp³-hybridized carbons (Fsp3) is 0.214. The Morgan fingerprint density at radius 2 is 1.90 bits per heavy atom. The summed E-state index contributed by atoms with van der Waals surface area (Å²) in [5.41, 5.74) is 1.01. The largest absolute Gasteiger partial charge is 0.462 e. The number of nitrogens with zero attached hydrogens (tertiary/aromatic N) is 2. The van der Waals surface area contributed by atoms with Gasteiger partial charge in [-0.05, 0) is 31.2 Å². The third-order valence-electron chi connectivity index (χ3n) is 2.72. The molecule has 0 radical (unpaired) electrons. The Kier molecular flexibility index (Phi) is 4.55. The smallest absolute Gasteiger partial charge is 0.338 e. The average Bonchev–Trinajstić information content (AvgIpc) is 2.85. The molecule has 0 aliphatic carbocycles. The molecule has 0 saturated heterocycles. The molecule has 0 saturated carbocycles. The van der Waals surface area contributed by atoms with Gasteiger partial charge in [-0.3, -0.25) is 10.00 Å². The van der Waals surface area contributed by atoms with Crippen LogP contribution in [-0.4, -0.2) is 28.4 Å². The van der Waals surface area contributed by atoms with E-state index in [0.29, 0.717) is 23.7 Å². The van der Waals surface area contributed by atoms with Crippen molar-refractivity contribution < 1.29 is 14.3 Å². The third-order valence-corrected chi connectivity index (χ3v) is 2.72. The Morgan fingerprint density at radius 1 is 1.19 bits per heavy atom. The predicted octanol–water partition coefficient (Wildman–Crippen LogP) is 2.24. The maximum Gasteiger partial charge on any atom is 0.338 e. The lowest BCUT2D eigenvalue weighted by Gasteiger charge is -2.08. The van der Waals surface area contributed by atoms with Crippen LogP contribution in [0.1, 0.15) is 17.3 Å². The molecular weight excluding hydrogens is 272 g/mol. The second-order valence-electron chi connectivity index (χ2n) is 4.22. The molecule has 21 heavy (non-hydrogen) atoms. The van der Waals surface area contributed by atoms with E-state index in [0.717, 1.165) is 0 Å². The number of benzene rings is 1. The Hall–Kier alpha value is -2.83. The van der Waals surface area contributed by atoms with Gasteiger partial charge >= 0.3 is 12.0 Å². The minimum Gasteiger partial charge on any atom is -0.462 e. The summed E-state index contributed by atoms with van der Waals surface area (Å²) in [7, 11) is 1.73. The maximum atomic E-state index is 11.8. The van der Waals surface area contributed by atoms with Crippen molar-refractivity contribution in [3.05, 3.63) is 42.1 Å². The molecule has 0 unspecified atom stereocenters. The van der Waals surface area contributed by atoms with Crippen molar-refractivity contribution in [2.45, 2.75) is 6.92 Å². The van der Waals surface area contributed by atoms with Gasteiger partial charge in [0, 0.05) is 18.8 Å². The number of urea groups is 1. The molecule has 1 heterocycles. The van der Waals surface area contributed by atoms with Crippen LogP contribution in [0, 0.1) is 0 Å². The quantitative estimate of drug-likeness (QED) is 0.845. The van der Waals surface area contributed by atoms with Crippen LogP contribution in [0.3, 0.4) is 0 Å². The number of nitrogens with one attached hydrogen (secondary N) is 2. The maximum absolute atomic E-state index is 11.8. The Labute approximate surface area is 121 Å². The molecule has 2 N–H and O–H groups in total. The van der Waals surface area contributed by atoms with E-state index in [1.165, 1.54) is 0 Å². The van der Waals surface area contributed by atoms with E-state index in [1.807, 2.05) is 0 Å². The van der Waals surface area contributed by atoms with Crippen LogP contribution < -0.4 is 10.6 Å². The first-order valence-electron chi connectivity index (χ1n) is 6.43. The number of aryl methyl sites for hydroxylation is 1. The number of ether oxygens (including phenoxy) is 1. The van der Waals surface area contributed by atoms with E-state index < -0.39 is 0 Å². The van der Waals surface area contributed by atoms with Gasteiger partial charge in [0.15, 0.2) is 0 Å². The van der Waals surface area contributed by atoms with Crippen LogP contribution in [-0.2, 0) is 11.8 Å². The fourth-order valence-electron chi connectivity index (χ4n) is 1.68. The summed E-state index contributed by atoms with van der Waals surface area (Å²) >= 11 is 0. The lowest BCUT2D eigenvalue weighted by Crippen LogP contribution is -2.21. The van der Waals surface area contributed by atoms with E-state index in [1.54, 1.807) is 55.2 Å². The number of carbonyl (C=O) groups is 2. The van der Waals surface area contributed by atoms with E-state index in [2.05, 4.69) is 15.7 Å². The van der Waals surface area contributed by atoms with Crippen molar-refractivity contribution in [2.75, 3.05) is 17.2 Å². The van der Waals surface area contributed by atoms with Crippen molar-refractivity contribution >= 4 is 23.5 Å². The van der Waals surface area contributed by atoms with Crippen LogP contribution in [0.2, 0.25) is 0 Å². The number of hydrogen-bond acceptors (Lipinski definition) is 4. The van der Waals surface area contributed by atoms with Crippen LogP contribution in [0.4, 0.5) is 16.3 Å². The second kappa shape index (κ2) is 6.56. The average molecular weight is 288 g/mol. The first kappa shape index (κ1) is 14.6. The zero-order valence-electron chi connectivity index (χ0n) is 11.8. The van der Waals surface area contributed by atoms with Crippen molar-refractivity contribution in [3.8, 4) is 0 Å². The topological polar surface area (TPSA) is 85.2 Å². The molecule has 7 heteroatoms. The Morgan fingerprint density at radius 3 is 2.48 bits per heavy atom. The van der Waals surface area contributed by atoms with Gasteiger partial charge in [-0.15, -0.1) is 0 Å². The zero-order valence-corrected chi connectivity index (χ0v) is 11.8. The predicted molar refractivity (Wildman–Crippen MR) is 78.2 cm³/mol. The van der Waals surface area contributed by atoms with Crippen molar-refractivity contribution in [3.63, 3.8) is 0 Å². The molecule has 2 amide bonds. The van der Waals surface area contributed by atoms with Crippen molar-refractivity contribution in [2.24, 2.45) is 7.05 Å². The van der Waals surface area contributed by atoms with Gasteiger partial charge in [0.2, 0.25) is 0 Å². The summed E-state index contributed by atoms with van der Waals surface area (Å²) in [5.74, 6) is 0.194. The van der Waals surface area contributed by atoms with Gasteiger partial charge in [0.25, 0.3) is 0 Å². The highest BCUT2D eigenvalue weighted by molar-refractivity contribution is 5.99. The lowest BCUT2D eigenvalue weighted by atomic mass is 10.2. The van der Waals surface area contributed by atoms with Crippen LogP contribution >= 0.6 is 0 Å². The Bertz CT molecular complexity index is 634. The molecule has 0 fully saturated rings. The van der Waals surface area contributed by atoms with E-state index in [-0.39, 0.29) is 12.0 Å². The number of amides is 2. The molecule has 0 bridgehead atoms. The summed E-state index contributed by atoms with van der Waals surface area (Å²) in [4.78, 5) is 23.3. The van der Waals surface area contributed by atoms with Crippen LogP contribution in [0.15, 0.2) is 36.5 Å². The molecule has 0 aliphatic rings. The van der Waals surface area contributed by atoms with Gasteiger partial charge in [0.1, 0.15) is 5.82 Å². The van der Waals surface area contributed by atoms with E-state index in [9.17, 15) is 9.59 Å². The van der Waals surface area contributed by atoms with Gasteiger partial charge in [-0.25, -0.2) is 9.59 Å². The molecule has 0 atom stereocenters. The summed E-state index contributed by atoms with van der Waals surface area (Å²) in [5, 5.41) is 9.27. The molecular formula is C14H16N4O3. The minimum absolute atomic E-state index is 0.325. The Balaban J connectivity index is 1.95. The lowest BCUT2D eigenvalue weighted by molar-refractivity contribution is 0.0526. The summed E-state index contributed by atoms with van der Waals surface area (Å²) in [6.45, 7) is 2.07. The number of aromatic nitrogens is 2. The second-order valence-corrected chi connectivity index (χ2v) is 4.22. The number of esters is 1. The number of rotatable bonds is 4. The zero-order chi connectivity index (χ0) is 15.2. The van der Waals surface area contributed by atoms with Crippen molar-refractivity contribution in [1.29, 1.82) is 0 Å². The monoisotopic (exact) mass is 288 g/mol. The number of carbonyl (C=O) groups excluding carboxylic acids is 2. The molecule has 2 aromatic rings. The highest BCUT2D eigenvalue weighted by atomic mass is 16.5. The SMILES string of the molecule is CCOC(=O)c1ccc(NC(=O)Nc2ccnn2C)cc1. The van der Waals surface area contributed by atoms with E-state index >= 15 is 0 Å². The first-order valence-corrected chi connectivity index (χ1v) is 6.43. The first-order chi connectivity index (χ1) is 10.1. The van der Waals surface area contributed by atoms with Gasteiger partial charge < -0.3 is 10.1 Å². The molecule has 0 aliphatic heterocycles. The molecule has 2 rings (SSSR count). The third kappa shape index (κ3) is 3.82. The molecule has 0 spiro atoms. The summed E-state index contributed by atoms with van der Waals surface area (Å²) < 4.78 is 6.43. The number of anilines is 2. The van der Waals surface area contributed by atoms with Gasteiger partial charge in [-0.2, -0.15) is 5.10 Å². The number of hydrogen-bond donors (Lipinski definition) is 2. The standard InChI is InChI=1S/C14H16N4O3/c1-3-21-13(19)10-4-6-11(7-5-10)16-14(20)17-12-8-9-15-18(12)2/h4-9H,3H2,1-2H3,(H2,16,17,20). The summed E-state index contributed by atoms with van der Waals surface area (Å²) in [6, 6.07) is 7.76. The fourth-order valence-corrected chi connectivity index (χ4v) is 1.68. The van der Waals surface area contributed by atoms with Crippen LogP contribution in [0.5, 0.6) is 0 Å². The van der Waals surface area contributed by atoms with Crippen molar-refractivity contribution in [1.82, 2.24) is 9.78 Å². The highest BCUT2D eigenvalue weighted by Gasteiger charge is 2.08. The molecule has 7 nitrogen and oxygen atoms in total. The molecule has 1 aromatic carbocycles. The minimum atomic E-state index is -0.387. The van der Waals surface area contributed by atoms with Gasteiger partial charge in [0.05, 0.1) is 18.4 Å². The van der Waals surface area contributed by atoms with Crippen LogP contribution in [0.25, 0.3) is 0 Å². The molecule has 1 aromatic heterocycles. The molecule has 110 valence electrons. The van der Waals surface area contributed by atoms with Gasteiger partial charge in [-0.1, -0.05) is 0 Å². The van der Waals surface area contributed by atoms with E-state index in [4.69, 9.17) is 4.74 Å². The summed E-state index contributed by atoms with van der Waals surface area (Å²) in [6.07, 6.45) is 1.59. The highest BCUT2D eigenvalue weighted by Crippen LogP contribution is 2.11. The normalized spacial score (nSPS) is 10.0.